The fourth-order valence-corrected chi connectivity index (χ4v) is 3.82. The number of hydrogen-bond donors (Lipinski definition) is 1. The number of ketones is 1. The van der Waals surface area contributed by atoms with Crippen LogP contribution in [0.4, 0.5) is 4.39 Å². The SMILES string of the molecule is O=C(CO)c1ccc(Cn2ccc(C3(c4ccc(F)cc4)CCCO3)cc2=O)nc1. The molecule has 1 aliphatic rings. The van der Waals surface area contributed by atoms with Crippen molar-refractivity contribution in [1.82, 2.24) is 9.55 Å². The van der Waals surface area contributed by atoms with Gasteiger partial charge < -0.3 is 14.4 Å². The van der Waals surface area contributed by atoms with Gasteiger partial charge in [0, 0.05) is 30.6 Å². The third-order valence-corrected chi connectivity index (χ3v) is 5.42. The Bertz CT molecular complexity index is 1100. The predicted octanol–water partition coefficient (Wildman–Crippen LogP) is 2.66. The van der Waals surface area contributed by atoms with Crippen molar-refractivity contribution < 1.29 is 19.0 Å². The Labute approximate surface area is 172 Å². The van der Waals surface area contributed by atoms with Gasteiger partial charge in [0.05, 0.1) is 12.2 Å². The average molecular weight is 408 g/mol. The van der Waals surface area contributed by atoms with E-state index < -0.39 is 18.0 Å². The summed E-state index contributed by atoms with van der Waals surface area (Å²) < 4.78 is 21.0. The Morgan fingerprint density at radius 1 is 1.17 bits per heavy atom. The van der Waals surface area contributed by atoms with Gasteiger partial charge in [0.2, 0.25) is 0 Å². The van der Waals surface area contributed by atoms with Crippen molar-refractivity contribution in [3.05, 3.63) is 99.5 Å². The second kappa shape index (κ2) is 8.30. The Hall–Kier alpha value is -3.16. The quantitative estimate of drug-likeness (QED) is 0.635. The number of aliphatic hydroxyl groups excluding tert-OH is 1. The van der Waals surface area contributed by atoms with Gasteiger partial charge in [0.15, 0.2) is 5.78 Å². The summed E-state index contributed by atoms with van der Waals surface area (Å²) in [6, 6.07) is 12.8. The highest BCUT2D eigenvalue weighted by molar-refractivity contribution is 5.96. The van der Waals surface area contributed by atoms with Crippen LogP contribution in [0.5, 0.6) is 0 Å². The van der Waals surface area contributed by atoms with Gasteiger partial charge in [-0.1, -0.05) is 12.1 Å². The number of Topliss-reactive ketones (excluding diaryl/α,β-unsaturated/α-hetero) is 1. The fraction of sp³-hybridized carbons (Fsp3) is 0.261. The lowest BCUT2D eigenvalue weighted by molar-refractivity contribution is 0.0357. The molecule has 1 fully saturated rings. The Morgan fingerprint density at radius 2 is 1.97 bits per heavy atom. The highest BCUT2D eigenvalue weighted by Gasteiger charge is 2.39. The van der Waals surface area contributed by atoms with Crippen LogP contribution in [0.25, 0.3) is 0 Å². The zero-order valence-corrected chi connectivity index (χ0v) is 16.3. The molecule has 0 amide bonds. The molecule has 3 heterocycles. The van der Waals surface area contributed by atoms with E-state index in [1.807, 2.05) is 6.07 Å². The first kappa shape index (κ1) is 20.1. The molecule has 1 unspecified atom stereocenters. The number of carbonyl (C=O) groups excluding carboxylic acids is 1. The number of nitrogens with zero attached hydrogens (tertiary/aromatic N) is 2. The second-order valence-electron chi connectivity index (χ2n) is 7.29. The minimum Gasteiger partial charge on any atom is -0.388 e. The Kier molecular flexibility index (Phi) is 5.57. The molecule has 1 N–H and O–H groups in total. The number of aromatic nitrogens is 2. The van der Waals surface area contributed by atoms with Crippen molar-refractivity contribution in [2.45, 2.75) is 25.0 Å². The standard InChI is InChI=1S/C23H21FN2O4/c24-19-5-3-17(4-6-19)23(9-1-11-30-23)18-8-10-26(22(29)12-18)14-20-7-2-16(13-25-20)21(28)15-27/h2-8,10,12-13,27H,1,9,11,14-15H2. The highest BCUT2D eigenvalue weighted by Crippen LogP contribution is 2.41. The molecule has 0 spiro atoms. The van der Waals surface area contributed by atoms with E-state index in [2.05, 4.69) is 4.98 Å². The van der Waals surface area contributed by atoms with Crippen molar-refractivity contribution in [1.29, 1.82) is 0 Å². The molecule has 1 atom stereocenters. The average Bonchev–Trinajstić information content (AvgIpc) is 3.27. The summed E-state index contributed by atoms with van der Waals surface area (Å²) in [6.07, 6.45) is 4.65. The van der Waals surface area contributed by atoms with Gasteiger partial charge in [-0.3, -0.25) is 14.6 Å². The maximum absolute atomic E-state index is 13.4. The van der Waals surface area contributed by atoms with E-state index in [0.717, 1.165) is 17.5 Å². The number of ether oxygens (including phenoxy) is 1. The minimum atomic E-state index is -0.753. The smallest absolute Gasteiger partial charge is 0.251 e. The molecular formula is C23H21FN2O4. The molecule has 1 aromatic carbocycles. The molecule has 0 radical (unpaired) electrons. The van der Waals surface area contributed by atoms with E-state index in [0.29, 0.717) is 24.3 Å². The van der Waals surface area contributed by atoms with Gasteiger partial charge in [0.1, 0.15) is 18.0 Å². The zero-order chi connectivity index (χ0) is 21.1. The zero-order valence-electron chi connectivity index (χ0n) is 16.3. The second-order valence-corrected chi connectivity index (χ2v) is 7.29. The maximum Gasteiger partial charge on any atom is 0.251 e. The number of halogens is 1. The Morgan fingerprint density at radius 3 is 2.57 bits per heavy atom. The van der Waals surface area contributed by atoms with Crippen LogP contribution < -0.4 is 5.56 Å². The molecule has 154 valence electrons. The number of aliphatic hydroxyl groups is 1. The summed E-state index contributed by atoms with van der Waals surface area (Å²) in [4.78, 5) is 28.5. The summed E-state index contributed by atoms with van der Waals surface area (Å²) in [7, 11) is 0. The monoisotopic (exact) mass is 408 g/mol. The fourth-order valence-electron chi connectivity index (χ4n) is 3.82. The van der Waals surface area contributed by atoms with Crippen LogP contribution in [0, 0.1) is 5.82 Å². The third kappa shape index (κ3) is 3.81. The molecule has 0 aliphatic carbocycles. The molecule has 0 saturated carbocycles. The van der Waals surface area contributed by atoms with E-state index >= 15 is 0 Å². The molecule has 2 aromatic heterocycles. The van der Waals surface area contributed by atoms with E-state index in [1.165, 1.54) is 22.9 Å². The van der Waals surface area contributed by atoms with E-state index in [1.54, 1.807) is 36.5 Å². The highest BCUT2D eigenvalue weighted by atomic mass is 19.1. The first-order valence-corrected chi connectivity index (χ1v) is 9.72. The van der Waals surface area contributed by atoms with Gasteiger partial charge in [-0.2, -0.15) is 0 Å². The summed E-state index contributed by atoms with van der Waals surface area (Å²) in [6.45, 7) is 0.250. The topological polar surface area (TPSA) is 81.4 Å². The lowest BCUT2D eigenvalue weighted by atomic mass is 9.84. The van der Waals surface area contributed by atoms with Gasteiger partial charge in [0.25, 0.3) is 5.56 Å². The first-order valence-electron chi connectivity index (χ1n) is 9.72. The minimum absolute atomic E-state index is 0.207. The van der Waals surface area contributed by atoms with Crippen LogP contribution in [-0.2, 0) is 16.9 Å². The van der Waals surface area contributed by atoms with Gasteiger partial charge in [-0.05, 0) is 54.3 Å². The van der Waals surface area contributed by atoms with Gasteiger partial charge >= 0.3 is 0 Å². The summed E-state index contributed by atoms with van der Waals surface area (Å²) >= 11 is 0. The number of hydrogen-bond acceptors (Lipinski definition) is 5. The van der Waals surface area contributed by atoms with Crippen molar-refractivity contribution >= 4 is 5.78 Å². The lowest BCUT2D eigenvalue weighted by Crippen LogP contribution is -2.30. The molecule has 4 rings (SSSR count). The van der Waals surface area contributed by atoms with Crippen molar-refractivity contribution in [2.75, 3.05) is 13.2 Å². The number of benzene rings is 1. The maximum atomic E-state index is 13.4. The van der Waals surface area contributed by atoms with Crippen LogP contribution in [0.2, 0.25) is 0 Å². The van der Waals surface area contributed by atoms with Crippen molar-refractivity contribution in [3.63, 3.8) is 0 Å². The molecule has 30 heavy (non-hydrogen) atoms. The number of rotatable bonds is 6. The van der Waals surface area contributed by atoms with Gasteiger partial charge in [-0.25, -0.2) is 4.39 Å². The third-order valence-electron chi connectivity index (χ3n) is 5.42. The normalized spacial score (nSPS) is 18.5. The summed E-state index contributed by atoms with van der Waals surface area (Å²) in [5.74, 6) is -0.722. The summed E-state index contributed by atoms with van der Waals surface area (Å²) in [5.41, 5.74) is 1.54. The van der Waals surface area contributed by atoms with E-state index in [9.17, 15) is 14.0 Å². The Balaban J connectivity index is 1.61. The van der Waals surface area contributed by atoms with Crippen LogP contribution >= 0.6 is 0 Å². The number of carbonyl (C=O) groups is 1. The largest absolute Gasteiger partial charge is 0.388 e. The van der Waals surface area contributed by atoms with Crippen LogP contribution in [0.3, 0.4) is 0 Å². The first-order chi connectivity index (χ1) is 14.5. The molecule has 1 saturated heterocycles. The molecule has 6 nitrogen and oxygen atoms in total. The number of pyridine rings is 2. The van der Waals surface area contributed by atoms with Crippen LogP contribution in [-0.4, -0.2) is 33.7 Å². The van der Waals surface area contributed by atoms with E-state index in [-0.39, 0.29) is 17.9 Å². The molecule has 3 aromatic rings. The van der Waals surface area contributed by atoms with Crippen LogP contribution in [0.1, 0.15) is 40.0 Å². The van der Waals surface area contributed by atoms with Crippen molar-refractivity contribution in [2.24, 2.45) is 0 Å². The molecular weight excluding hydrogens is 387 g/mol. The van der Waals surface area contributed by atoms with Crippen LogP contribution in [0.15, 0.2) is 65.7 Å². The molecule has 0 bridgehead atoms. The lowest BCUT2D eigenvalue weighted by Gasteiger charge is -2.29. The predicted molar refractivity (Wildman–Crippen MR) is 108 cm³/mol. The molecule has 7 heteroatoms. The van der Waals surface area contributed by atoms with E-state index in [4.69, 9.17) is 9.84 Å². The van der Waals surface area contributed by atoms with Gasteiger partial charge in [-0.15, -0.1) is 0 Å². The molecule has 1 aliphatic heterocycles. The van der Waals surface area contributed by atoms with Crippen molar-refractivity contribution in [3.8, 4) is 0 Å². The summed E-state index contributed by atoms with van der Waals surface area (Å²) in [5, 5.41) is 8.91.